The van der Waals surface area contributed by atoms with Gasteiger partial charge < -0.3 is 10.5 Å². The maximum atomic E-state index is 5.81. The van der Waals surface area contributed by atoms with Crippen LogP contribution in [0, 0.1) is 6.92 Å². The quantitative estimate of drug-likeness (QED) is 0.734. The average molecular weight is 195 g/mol. The van der Waals surface area contributed by atoms with Gasteiger partial charge in [-0.25, -0.2) is 0 Å². The Labute approximate surface area is 82.5 Å². The van der Waals surface area contributed by atoms with Crippen LogP contribution in [0.5, 0.6) is 0 Å². The molecule has 1 aromatic rings. The van der Waals surface area contributed by atoms with Crippen LogP contribution in [0.15, 0.2) is 23.1 Å². The largest absolute Gasteiger partial charge is 0.398 e. The molecule has 2 rings (SSSR count). The Balaban J connectivity index is 2.07. The van der Waals surface area contributed by atoms with Crippen molar-refractivity contribution >= 4 is 17.4 Å². The van der Waals surface area contributed by atoms with Crippen molar-refractivity contribution in [2.75, 3.05) is 18.9 Å². The fourth-order valence-corrected chi connectivity index (χ4v) is 2.22. The molecule has 2 nitrogen and oxygen atoms in total. The van der Waals surface area contributed by atoms with Gasteiger partial charge in [0.2, 0.25) is 0 Å². The van der Waals surface area contributed by atoms with Crippen LogP contribution in [0.25, 0.3) is 0 Å². The predicted molar refractivity (Wildman–Crippen MR) is 56.1 cm³/mol. The molecule has 1 heterocycles. The van der Waals surface area contributed by atoms with Crippen LogP contribution in [0.1, 0.15) is 5.56 Å². The highest BCUT2D eigenvalue weighted by atomic mass is 32.2. The van der Waals surface area contributed by atoms with Gasteiger partial charge in [-0.3, -0.25) is 0 Å². The lowest BCUT2D eigenvalue weighted by Crippen LogP contribution is -2.29. The number of thioether (sulfide) groups is 1. The number of nitrogens with two attached hydrogens (primary N) is 1. The van der Waals surface area contributed by atoms with Gasteiger partial charge in [0, 0.05) is 10.6 Å². The topological polar surface area (TPSA) is 35.2 Å². The molecule has 0 radical (unpaired) electrons. The molecule has 0 bridgehead atoms. The molecule has 13 heavy (non-hydrogen) atoms. The van der Waals surface area contributed by atoms with Gasteiger partial charge in [0.05, 0.1) is 18.5 Å². The van der Waals surface area contributed by atoms with Crippen molar-refractivity contribution in [3.8, 4) is 0 Å². The second-order valence-corrected chi connectivity index (χ2v) is 4.67. The number of rotatable bonds is 2. The first-order valence-electron chi connectivity index (χ1n) is 4.36. The minimum Gasteiger partial charge on any atom is -0.398 e. The molecule has 0 aliphatic carbocycles. The third kappa shape index (κ3) is 1.98. The maximum absolute atomic E-state index is 5.81. The summed E-state index contributed by atoms with van der Waals surface area (Å²) < 4.78 is 5.11. The molecule has 1 aliphatic heterocycles. The molecule has 0 spiro atoms. The summed E-state index contributed by atoms with van der Waals surface area (Å²) in [6.07, 6.45) is 0. The third-order valence-electron chi connectivity index (χ3n) is 2.16. The van der Waals surface area contributed by atoms with Crippen LogP contribution in [-0.4, -0.2) is 18.5 Å². The van der Waals surface area contributed by atoms with Crippen molar-refractivity contribution in [1.82, 2.24) is 0 Å². The van der Waals surface area contributed by atoms with Crippen molar-refractivity contribution in [2.45, 2.75) is 17.1 Å². The third-order valence-corrected chi connectivity index (χ3v) is 3.29. The smallest absolute Gasteiger partial charge is 0.0611 e. The second-order valence-electron chi connectivity index (χ2n) is 3.30. The van der Waals surface area contributed by atoms with Gasteiger partial charge in [-0.2, -0.15) is 0 Å². The van der Waals surface area contributed by atoms with Crippen LogP contribution in [0.3, 0.4) is 0 Å². The predicted octanol–water partition coefficient (Wildman–Crippen LogP) is 2.07. The first-order valence-corrected chi connectivity index (χ1v) is 5.24. The number of hydrogen-bond acceptors (Lipinski definition) is 3. The Morgan fingerprint density at radius 3 is 2.77 bits per heavy atom. The van der Waals surface area contributed by atoms with E-state index in [0.717, 1.165) is 24.5 Å². The molecule has 70 valence electrons. The molecule has 1 aliphatic rings. The van der Waals surface area contributed by atoms with Crippen molar-refractivity contribution in [3.05, 3.63) is 23.8 Å². The van der Waals surface area contributed by atoms with Crippen LogP contribution >= 0.6 is 11.8 Å². The summed E-state index contributed by atoms with van der Waals surface area (Å²) in [7, 11) is 0. The SMILES string of the molecule is Cc1ccc(SC2COC2)cc1N. The number of nitrogen functional groups attached to an aromatic ring is 1. The highest BCUT2D eigenvalue weighted by Crippen LogP contribution is 2.29. The van der Waals surface area contributed by atoms with E-state index in [9.17, 15) is 0 Å². The van der Waals surface area contributed by atoms with E-state index in [0.29, 0.717) is 5.25 Å². The lowest BCUT2D eigenvalue weighted by Gasteiger charge is -2.25. The van der Waals surface area contributed by atoms with E-state index in [1.807, 2.05) is 24.8 Å². The molecule has 0 aromatic heterocycles. The van der Waals surface area contributed by atoms with Gasteiger partial charge in [0.1, 0.15) is 0 Å². The first-order chi connectivity index (χ1) is 6.25. The normalized spacial score (nSPS) is 17.0. The fraction of sp³-hybridized carbons (Fsp3) is 0.400. The van der Waals surface area contributed by atoms with Crippen molar-refractivity contribution in [3.63, 3.8) is 0 Å². The highest BCUT2D eigenvalue weighted by molar-refractivity contribution is 8.00. The Kier molecular flexibility index (Phi) is 2.47. The average Bonchev–Trinajstić information content (AvgIpc) is 2.04. The highest BCUT2D eigenvalue weighted by Gasteiger charge is 2.19. The van der Waals surface area contributed by atoms with Crippen LogP contribution in [-0.2, 0) is 4.74 Å². The summed E-state index contributed by atoms with van der Waals surface area (Å²) in [5.41, 5.74) is 7.84. The van der Waals surface area contributed by atoms with E-state index in [-0.39, 0.29) is 0 Å². The van der Waals surface area contributed by atoms with E-state index < -0.39 is 0 Å². The molecule has 2 N–H and O–H groups in total. The number of ether oxygens (including phenoxy) is 1. The summed E-state index contributed by atoms with van der Waals surface area (Å²) >= 11 is 1.85. The summed E-state index contributed by atoms with van der Waals surface area (Å²) in [5, 5.41) is 0.627. The summed E-state index contributed by atoms with van der Waals surface area (Å²) in [6.45, 7) is 3.77. The van der Waals surface area contributed by atoms with E-state index in [2.05, 4.69) is 12.1 Å². The standard InChI is InChI=1S/C10H13NOS/c1-7-2-3-8(4-10(7)11)13-9-5-12-6-9/h2-4,9H,5-6,11H2,1H3. The van der Waals surface area contributed by atoms with Crippen LogP contribution in [0.2, 0.25) is 0 Å². The van der Waals surface area contributed by atoms with Gasteiger partial charge in [0.25, 0.3) is 0 Å². The van der Waals surface area contributed by atoms with Crippen molar-refractivity contribution in [2.24, 2.45) is 0 Å². The molecule has 1 saturated heterocycles. The molecule has 0 atom stereocenters. The van der Waals surface area contributed by atoms with Crippen LogP contribution < -0.4 is 5.73 Å². The Bertz CT molecular complexity index is 310. The summed E-state index contributed by atoms with van der Waals surface area (Å²) in [5.74, 6) is 0. The van der Waals surface area contributed by atoms with E-state index in [1.54, 1.807) is 0 Å². The van der Waals surface area contributed by atoms with Gasteiger partial charge in [0.15, 0.2) is 0 Å². The van der Waals surface area contributed by atoms with Crippen LogP contribution in [0.4, 0.5) is 5.69 Å². The maximum Gasteiger partial charge on any atom is 0.0611 e. The molecule has 1 aromatic carbocycles. The summed E-state index contributed by atoms with van der Waals surface area (Å²) in [6, 6.07) is 6.23. The molecule has 3 heteroatoms. The molecular weight excluding hydrogens is 182 g/mol. The van der Waals surface area contributed by atoms with Gasteiger partial charge in [-0.05, 0) is 24.6 Å². The monoisotopic (exact) mass is 195 g/mol. The van der Waals surface area contributed by atoms with Crippen molar-refractivity contribution < 1.29 is 4.74 Å². The lowest BCUT2D eigenvalue weighted by atomic mass is 10.2. The van der Waals surface area contributed by atoms with Gasteiger partial charge in [-0.15, -0.1) is 11.8 Å². The minimum absolute atomic E-state index is 0.627. The van der Waals surface area contributed by atoms with Gasteiger partial charge in [-0.1, -0.05) is 6.07 Å². The Hall–Kier alpha value is -0.670. The zero-order chi connectivity index (χ0) is 9.26. The Morgan fingerprint density at radius 1 is 1.46 bits per heavy atom. The van der Waals surface area contributed by atoms with Crippen molar-refractivity contribution in [1.29, 1.82) is 0 Å². The zero-order valence-electron chi connectivity index (χ0n) is 7.62. The number of anilines is 1. The zero-order valence-corrected chi connectivity index (χ0v) is 8.43. The van der Waals surface area contributed by atoms with Gasteiger partial charge >= 0.3 is 0 Å². The lowest BCUT2D eigenvalue weighted by molar-refractivity contribution is 0.0455. The molecule has 1 fully saturated rings. The molecule has 0 unspecified atom stereocenters. The fourth-order valence-electron chi connectivity index (χ4n) is 1.17. The van der Waals surface area contributed by atoms with E-state index in [4.69, 9.17) is 10.5 Å². The minimum atomic E-state index is 0.627. The molecule has 0 saturated carbocycles. The Morgan fingerprint density at radius 2 is 2.23 bits per heavy atom. The van der Waals surface area contributed by atoms with E-state index in [1.165, 1.54) is 4.90 Å². The number of aryl methyl sites for hydroxylation is 1. The number of benzene rings is 1. The molecular formula is C10H13NOS. The number of hydrogen-bond donors (Lipinski definition) is 1. The second kappa shape index (κ2) is 3.60. The molecule has 0 amide bonds. The van der Waals surface area contributed by atoms with E-state index >= 15 is 0 Å². The first kappa shape index (κ1) is 8.91. The summed E-state index contributed by atoms with van der Waals surface area (Å²) in [4.78, 5) is 1.25.